The van der Waals surface area contributed by atoms with Gasteiger partial charge in [0.2, 0.25) is 0 Å². The molecule has 0 spiro atoms. The molecule has 100 valence electrons. The van der Waals surface area contributed by atoms with Crippen LogP contribution in [0.4, 0.5) is 11.5 Å². The van der Waals surface area contributed by atoms with Crippen LogP contribution >= 0.6 is 15.9 Å². The van der Waals surface area contributed by atoms with E-state index in [2.05, 4.69) is 36.2 Å². The summed E-state index contributed by atoms with van der Waals surface area (Å²) in [5.41, 5.74) is 2.27. The fraction of sp³-hybridized carbons (Fsp3) is 0.0714. The second-order valence-corrected chi connectivity index (χ2v) is 4.92. The van der Waals surface area contributed by atoms with Crippen LogP contribution in [0.1, 0.15) is 0 Å². The summed E-state index contributed by atoms with van der Waals surface area (Å²) < 4.78 is 6.17. The van der Waals surface area contributed by atoms with E-state index in [1.165, 1.54) is 0 Å². The van der Waals surface area contributed by atoms with Crippen LogP contribution in [0.5, 0.6) is 5.75 Å². The van der Waals surface area contributed by atoms with E-state index in [9.17, 15) is 0 Å². The molecule has 0 aliphatic carbocycles. The van der Waals surface area contributed by atoms with E-state index in [1.807, 2.05) is 30.3 Å². The Balaban J connectivity index is 1.92. The number of anilines is 2. The Labute approximate surface area is 124 Å². The molecule has 0 amide bonds. The summed E-state index contributed by atoms with van der Waals surface area (Å²) >= 11 is 3.42. The monoisotopic (exact) mass is 330 g/mol. The summed E-state index contributed by atoms with van der Waals surface area (Å²) in [5.74, 6) is 1.47. The van der Waals surface area contributed by atoms with Crippen LogP contribution in [0.15, 0.2) is 47.2 Å². The van der Waals surface area contributed by atoms with E-state index in [4.69, 9.17) is 4.74 Å². The number of methoxy groups -OCH3 is 1. The largest absolute Gasteiger partial charge is 0.495 e. The average molecular weight is 331 g/mol. The quantitative estimate of drug-likeness (QED) is 0.795. The summed E-state index contributed by atoms with van der Waals surface area (Å²) in [6.45, 7) is 0. The standard InChI is InChI=1S/C14H11BrN4O/c1-20-12-8-9(2-3-10(12)15)18-13-5-4-11-14(19-13)17-7-6-16-11/h2-8H,1H3,(H,17,18,19). The van der Waals surface area contributed by atoms with Gasteiger partial charge in [0.15, 0.2) is 5.65 Å². The molecule has 2 heterocycles. The van der Waals surface area contributed by atoms with Crippen molar-refractivity contribution in [3.8, 4) is 5.75 Å². The molecular weight excluding hydrogens is 320 g/mol. The molecule has 0 unspecified atom stereocenters. The van der Waals surface area contributed by atoms with Gasteiger partial charge >= 0.3 is 0 Å². The van der Waals surface area contributed by atoms with Crippen LogP contribution in [0.3, 0.4) is 0 Å². The molecule has 0 radical (unpaired) electrons. The first-order valence-corrected chi connectivity index (χ1v) is 6.74. The van der Waals surface area contributed by atoms with Crippen molar-refractivity contribution < 1.29 is 4.74 Å². The fourth-order valence-electron chi connectivity index (χ4n) is 1.81. The molecule has 0 atom stereocenters. The molecule has 1 aromatic carbocycles. The van der Waals surface area contributed by atoms with Crippen LogP contribution in [-0.4, -0.2) is 22.1 Å². The smallest absolute Gasteiger partial charge is 0.180 e. The molecular formula is C14H11BrN4O. The van der Waals surface area contributed by atoms with Crippen molar-refractivity contribution in [1.29, 1.82) is 0 Å². The highest BCUT2D eigenvalue weighted by atomic mass is 79.9. The highest BCUT2D eigenvalue weighted by Crippen LogP contribution is 2.29. The third kappa shape index (κ3) is 2.55. The first-order chi connectivity index (χ1) is 9.76. The van der Waals surface area contributed by atoms with E-state index in [1.54, 1.807) is 19.5 Å². The second kappa shape index (κ2) is 5.42. The summed E-state index contributed by atoms with van der Waals surface area (Å²) in [4.78, 5) is 12.8. The van der Waals surface area contributed by atoms with Crippen molar-refractivity contribution >= 4 is 38.6 Å². The van der Waals surface area contributed by atoms with Gasteiger partial charge in [0, 0.05) is 24.1 Å². The van der Waals surface area contributed by atoms with Crippen molar-refractivity contribution in [3.05, 3.63) is 47.2 Å². The molecule has 5 nitrogen and oxygen atoms in total. The number of hydrogen-bond donors (Lipinski definition) is 1. The van der Waals surface area contributed by atoms with E-state index in [0.717, 1.165) is 21.4 Å². The molecule has 3 rings (SSSR count). The van der Waals surface area contributed by atoms with E-state index in [0.29, 0.717) is 11.5 Å². The Morgan fingerprint density at radius 1 is 1.10 bits per heavy atom. The lowest BCUT2D eigenvalue weighted by molar-refractivity contribution is 0.412. The number of rotatable bonds is 3. The first kappa shape index (κ1) is 12.8. The molecule has 0 saturated heterocycles. The Morgan fingerprint density at radius 2 is 1.95 bits per heavy atom. The highest BCUT2D eigenvalue weighted by molar-refractivity contribution is 9.10. The van der Waals surface area contributed by atoms with Gasteiger partial charge in [0.05, 0.1) is 11.6 Å². The number of ether oxygens (including phenoxy) is 1. The molecule has 3 aromatic rings. The van der Waals surface area contributed by atoms with Gasteiger partial charge in [-0.2, -0.15) is 0 Å². The lowest BCUT2D eigenvalue weighted by Gasteiger charge is -2.09. The summed E-state index contributed by atoms with van der Waals surface area (Å²) in [7, 11) is 1.63. The third-order valence-electron chi connectivity index (χ3n) is 2.76. The maximum absolute atomic E-state index is 5.26. The van der Waals surface area contributed by atoms with Crippen LogP contribution in [-0.2, 0) is 0 Å². The van der Waals surface area contributed by atoms with Gasteiger partial charge in [-0.3, -0.25) is 4.98 Å². The third-order valence-corrected chi connectivity index (χ3v) is 3.41. The molecule has 0 bridgehead atoms. The van der Waals surface area contributed by atoms with Crippen molar-refractivity contribution in [1.82, 2.24) is 15.0 Å². The highest BCUT2D eigenvalue weighted by Gasteiger charge is 2.04. The summed E-state index contributed by atoms with van der Waals surface area (Å²) in [5, 5.41) is 3.22. The predicted octanol–water partition coefficient (Wildman–Crippen LogP) is 3.54. The molecule has 0 saturated carbocycles. The van der Waals surface area contributed by atoms with Gasteiger partial charge in [-0.05, 0) is 40.2 Å². The van der Waals surface area contributed by atoms with Crippen LogP contribution in [0, 0.1) is 0 Å². The minimum atomic E-state index is 0.613. The zero-order valence-corrected chi connectivity index (χ0v) is 12.3. The first-order valence-electron chi connectivity index (χ1n) is 5.94. The lowest BCUT2D eigenvalue weighted by Crippen LogP contribution is -1.96. The number of nitrogens with one attached hydrogen (secondary N) is 1. The molecule has 0 fully saturated rings. The molecule has 0 aliphatic rings. The molecule has 0 aliphatic heterocycles. The number of fused-ring (bicyclic) bond motifs is 1. The van der Waals surface area contributed by atoms with Gasteiger partial charge in [-0.15, -0.1) is 0 Å². The van der Waals surface area contributed by atoms with Gasteiger partial charge in [-0.1, -0.05) is 0 Å². The zero-order valence-electron chi connectivity index (χ0n) is 10.7. The number of nitrogens with zero attached hydrogens (tertiary/aromatic N) is 3. The van der Waals surface area contributed by atoms with E-state index >= 15 is 0 Å². The second-order valence-electron chi connectivity index (χ2n) is 4.07. The number of benzene rings is 1. The Hall–Kier alpha value is -2.21. The molecule has 1 N–H and O–H groups in total. The Morgan fingerprint density at radius 3 is 2.80 bits per heavy atom. The fourth-order valence-corrected chi connectivity index (χ4v) is 2.22. The van der Waals surface area contributed by atoms with Crippen LogP contribution in [0.2, 0.25) is 0 Å². The minimum absolute atomic E-state index is 0.613. The summed E-state index contributed by atoms with van der Waals surface area (Å²) in [6.07, 6.45) is 3.28. The van der Waals surface area contributed by atoms with Crippen LogP contribution < -0.4 is 10.1 Å². The van der Waals surface area contributed by atoms with Gasteiger partial charge in [0.25, 0.3) is 0 Å². The van der Waals surface area contributed by atoms with Gasteiger partial charge < -0.3 is 10.1 Å². The van der Waals surface area contributed by atoms with Crippen molar-refractivity contribution in [2.75, 3.05) is 12.4 Å². The minimum Gasteiger partial charge on any atom is -0.495 e. The number of hydrogen-bond acceptors (Lipinski definition) is 5. The zero-order chi connectivity index (χ0) is 13.9. The number of aromatic nitrogens is 3. The lowest BCUT2D eigenvalue weighted by atomic mass is 10.3. The molecule has 6 heteroatoms. The van der Waals surface area contributed by atoms with E-state index < -0.39 is 0 Å². The number of halogens is 1. The Bertz CT molecular complexity index is 763. The maximum Gasteiger partial charge on any atom is 0.180 e. The maximum atomic E-state index is 5.26. The SMILES string of the molecule is COc1cc(Nc2ccc3nccnc3n2)ccc1Br. The van der Waals surface area contributed by atoms with Crippen molar-refractivity contribution in [2.24, 2.45) is 0 Å². The van der Waals surface area contributed by atoms with E-state index in [-0.39, 0.29) is 0 Å². The number of pyridine rings is 1. The van der Waals surface area contributed by atoms with Crippen molar-refractivity contribution in [2.45, 2.75) is 0 Å². The van der Waals surface area contributed by atoms with Gasteiger partial charge in [-0.25, -0.2) is 9.97 Å². The average Bonchev–Trinajstić information content (AvgIpc) is 2.49. The Kier molecular flexibility index (Phi) is 3.47. The molecule has 2 aromatic heterocycles. The van der Waals surface area contributed by atoms with Crippen molar-refractivity contribution in [3.63, 3.8) is 0 Å². The van der Waals surface area contributed by atoms with Crippen LogP contribution in [0.25, 0.3) is 11.2 Å². The van der Waals surface area contributed by atoms with Gasteiger partial charge in [0.1, 0.15) is 17.1 Å². The normalized spacial score (nSPS) is 10.5. The summed E-state index contributed by atoms with van der Waals surface area (Å²) in [6, 6.07) is 9.50. The molecule has 20 heavy (non-hydrogen) atoms. The predicted molar refractivity (Wildman–Crippen MR) is 81.3 cm³/mol. The topological polar surface area (TPSA) is 59.9 Å².